The second-order valence-electron chi connectivity index (χ2n) is 4.92. The Balaban J connectivity index is 2.09. The van der Waals surface area contributed by atoms with Crippen LogP contribution in [-0.4, -0.2) is 0 Å². The Morgan fingerprint density at radius 3 is 1.76 bits per heavy atom. The van der Waals surface area contributed by atoms with Gasteiger partial charge in [0.15, 0.2) is 0 Å². The van der Waals surface area contributed by atoms with E-state index >= 15 is 0 Å². The highest BCUT2D eigenvalue weighted by atomic mass is 31.1. The molecule has 0 saturated heterocycles. The zero-order valence-corrected chi connectivity index (χ0v) is 12.8. The van der Waals surface area contributed by atoms with Gasteiger partial charge in [-0.25, -0.2) is 0 Å². The molecule has 2 aromatic carbocycles. The zero-order valence-electron chi connectivity index (χ0n) is 11.9. The van der Waals surface area contributed by atoms with Crippen molar-refractivity contribution >= 4 is 18.5 Å². The highest BCUT2D eigenvalue weighted by Crippen LogP contribution is 2.46. The van der Waals surface area contributed by atoms with E-state index in [9.17, 15) is 5.11 Å². The summed E-state index contributed by atoms with van der Waals surface area (Å²) in [6, 6.07) is 21.0. The van der Waals surface area contributed by atoms with Crippen LogP contribution in [0.3, 0.4) is 0 Å². The minimum atomic E-state index is -0.602. The van der Waals surface area contributed by atoms with Gasteiger partial charge in [-0.3, -0.25) is 0 Å². The molecule has 0 radical (unpaired) electrons. The maximum absolute atomic E-state index is 11.6. The van der Waals surface area contributed by atoms with Gasteiger partial charge in [0.2, 0.25) is 0 Å². The van der Waals surface area contributed by atoms with Crippen LogP contribution in [0.4, 0.5) is 0 Å². The second-order valence-corrected chi connectivity index (χ2v) is 7.14. The van der Waals surface area contributed by atoms with Crippen LogP contribution in [0.25, 0.3) is 0 Å². The lowest BCUT2D eigenvalue weighted by Gasteiger charge is -2.19. The predicted octanol–water partition coefficient (Wildman–Crippen LogP) is 3.21. The second kappa shape index (κ2) is 6.11. The van der Waals surface area contributed by atoms with Crippen molar-refractivity contribution in [2.24, 2.45) is 0 Å². The Hall–Kier alpha value is -2.11. The van der Waals surface area contributed by atoms with Gasteiger partial charge in [-0.1, -0.05) is 79.7 Å². The summed E-state index contributed by atoms with van der Waals surface area (Å²) in [6.45, 7) is 1.62. The molecule has 1 nitrogen and oxygen atoms in total. The van der Waals surface area contributed by atoms with Crippen molar-refractivity contribution in [2.75, 3.05) is 0 Å². The summed E-state index contributed by atoms with van der Waals surface area (Å²) < 4.78 is 0. The van der Waals surface area contributed by atoms with Crippen molar-refractivity contribution in [3.8, 4) is 0 Å². The SMILES string of the molecule is CC([O-])=C1C=CC(P(c2ccccc2)c2ccccc2)=C1. The Morgan fingerprint density at radius 1 is 0.810 bits per heavy atom. The Labute approximate surface area is 126 Å². The fourth-order valence-electron chi connectivity index (χ4n) is 2.39. The molecule has 21 heavy (non-hydrogen) atoms. The topological polar surface area (TPSA) is 23.1 Å². The van der Waals surface area contributed by atoms with E-state index in [4.69, 9.17) is 0 Å². The number of rotatable bonds is 3. The van der Waals surface area contributed by atoms with Gasteiger partial charge in [0.1, 0.15) is 0 Å². The summed E-state index contributed by atoms with van der Waals surface area (Å²) in [4.78, 5) is 0. The molecule has 0 spiro atoms. The molecule has 0 aliphatic heterocycles. The molecule has 0 fully saturated rings. The smallest absolute Gasteiger partial charge is 0.0134 e. The maximum atomic E-state index is 11.6. The molecule has 3 rings (SSSR count). The highest BCUT2D eigenvalue weighted by molar-refractivity contribution is 7.77. The summed E-state index contributed by atoms with van der Waals surface area (Å²) in [5.74, 6) is 0.123. The lowest BCUT2D eigenvalue weighted by molar-refractivity contribution is -0.302. The van der Waals surface area contributed by atoms with E-state index in [-0.39, 0.29) is 5.76 Å². The van der Waals surface area contributed by atoms with Crippen molar-refractivity contribution in [3.63, 3.8) is 0 Å². The molecule has 0 aromatic heterocycles. The van der Waals surface area contributed by atoms with E-state index in [0.29, 0.717) is 0 Å². The Kier molecular flexibility index (Phi) is 4.03. The molecule has 2 heteroatoms. The van der Waals surface area contributed by atoms with Crippen LogP contribution in [-0.2, 0) is 0 Å². The fourth-order valence-corrected chi connectivity index (χ4v) is 4.72. The predicted molar refractivity (Wildman–Crippen MR) is 89.0 cm³/mol. The summed E-state index contributed by atoms with van der Waals surface area (Å²) in [5, 5.41) is 15.4. The van der Waals surface area contributed by atoms with E-state index in [1.165, 1.54) is 15.9 Å². The van der Waals surface area contributed by atoms with Crippen molar-refractivity contribution in [3.05, 3.63) is 95.5 Å². The van der Waals surface area contributed by atoms with Crippen LogP contribution in [0, 0.1) is 0 Å². The van der Waals surface area contributed by atoms with Gasteiger partial charge >= 0.3 is 0 Å². The van der Waals surface area contributed by atoms with E-state index in [0.717, 1.165) is 5.57 Å². The van der Waals surface area contributed by atoms with Crippen molar-refractivity contribution < 1.29 is 5.11 Å². The molecule has 2 aromatic rings. The molecule has 0 heterocycles. The van der Waals surface area contributed by atoms with Crippen LogP contribution >= 0.6 is 7.92 Å². The van der Waals surface area contributed by atoms with Crippen molar-refractivity contribution in [2.45, 2.75) is 6.92 Å². The first-order chi connectivity index (χ1) is 10.3. The molecule has 0 amide bonds. The first kappa shape index (κ1) is 13.9. The number of hydrogen-bond acceptors (Lipinski definition) is 1. The summed E-state index contributed by atoms with van der Waals surface area (Å²) in [7, 11) is -0.602. The van der Waals surface area contributed by atoms with Gasteiger partial charge < -0.3 is 5.11 Å². The van der Waals surface area contributed by atoms with E-state index in [2.05, 4.69) is 54.6 Å². The first-order valence-corrected chi connectivity index (χ1v) is 8.28. The van der Waals surface area contributed by atoms with Crippen LogP contribution in [0.15, 0.2) is 95.5 Å². The van der Waals surface area contributed by atoms with Gasteiger partial charge in [0.25, 0.3) is 0 Å². The van der Waals surface area contributed by atoms with Crippen molar-refractivity contribution in [1.82, 2.24) is 0 Å². The van der Waals surface area contributed by atoms with Crippen LogP contribution in [0.5, 0.6) is 0 Å². The van der Waals surface area contributed by atoms with Crippen LogP contribution in [0.2, 0.25) is 0 Å². The quantitative estimate of drug-likeness (QED) is 0.629. The Morgan fingerprint density at radius 2 is 1.33 bits per heavy atom. The normalized spacial score (nSPS) is 16.2. The largest absolute Gasteiger partial charge is 0.875 e. The van der Waals surface area contributed by atoms with E-state index in [1.54, 1.807) is 6.92 Å². The standard InChI is InChI=1S/C19H17OP/c1-15(20)16-12-13-19(14-16)21(17-8-4-2-5-9-17)18-10-6-3-7-11-18/h2-14,20H,1H3/p-1. The highest BCUT2D eigenvalue weighted by Gasteiger charge is 2.19. The van der Waals surface area contributed by atoms with Gasteiger partial charge in [0.05, 0.1) is 0 Å². The van der Waals surface area contributed by atoms with E-state index < -0.39 is 7.92 Å². The monoisotopic (exact) mass is 291 g/mol. The molecule has 0 saturated carbocycles. The zero-order chi connectivity index (χ0) is 14.7. The number of allylic oxidation sites excluding steroid dienone is 6. The lowest BCUT2D eigenvalue weighted by atomic mass is 10.3. The third-order valence-electron chi connectivity index (χ3n) is 3.43. The van der Waals surface area contributed by atoms with Gasteiger partial charge in [-0.05, 0) is 35.5 Å². The first-order valence-electron chi connectivity index (χ1n) is 6.93. The van der Waals surface area contributed by atoms with E-state index in [1.807, 2.05) is 24.3 Å². The molecule has 0 atom stereocenters. The summed E-state index contributed by atoms with van der Waals surface area (Å²) >= 11 is 0. The van der Waals surface area contributed by atoms with Crippen LogP contribution < -0.4 is 15.7 Å². The maximum Gasteiger partial charge on any atom is -0.0134 e. The van der Waals surface area contributed by atoms with Crippen molar-refractivity contribution in [1.29, 1.82) is 0 Å². The molecule has 0 N–H and O–H groups in total. The molecule has 1 aliphatic carbocycles. The molecule has 104 valence electrons. The average Bonchev–Trinajstić information content (AvgIpc) is 3.00. The molecular weight excluding hydrogens is 275 g/mol. The Bertz CT molecular complexity index is 668. The van der Waals surface area contributed by atoms with Gasteiger partial charge in [0, 0.05) is 0 Å². The number of benzene rings is 2. The molecule has 1 aliphatic rings. The average molecular weight is 291 g/mol. The minimum Gasteiger partial charge on any atom is -0.875 e. The van der Waals surface area contributed by atoms with Gasteiger partial charge in [-0.2, -0.15) is 0 Å². The summed E-state index contributed by atoms with van der Waals surface area (Å²) in [6.07, 6.45) is 6.05. The minimum absolute atomic E-state index is 0.123. The summed E-state index contributed by atoms with van der Waals surface area (Å²) in [5.41, 5.74) is 0.796. The van der Waals surface area contributed by atoms with Gasteiger partial charge in [-0.15, -0.1) is 5.76 Å². The third kappa shape index (κ3) is 2.99. The molecule has 0 bridgehead atoms. The fraction of sp³-hybridized carbons (Fsp3) is 0.0526. The molecular formula is C19H16OP-. The lowest BCUT2D eigenvalue weighted by Crippen LogP contribution is -2.11. The molecule has 0 unspecified atom stereocenters. The number of hydrogen-bond donors (Lipinski definition) is 0. The third-order valence-corrected chi connectivity index (χ3v) is 5.85. The van der Waals surface area contributed by atoms with Crippen LogP contribution in [0.1, 0.15) is 6.92 Å².